The lowest BCUT2D eigenvalue weighted by Gasteiger charge is -2.22. The number of rotatable bonds is 7. The van der Waals surface area contributed by atoms with Gasteiger partial charge >= 0.3 is 0 Å². The lowest BCUT2D eigenvalue weighted by Crippen LogP contribution is -2.30. The average molecular weight is 266 g/mol. The minimum absolute atomic E-state index is 0.00650. The normalized spacial score (nSPS) is 12.6. The van der Waals surface area contributed by atoms with Gasteiger partial charge in [0.1, 0.15) is 17.5 Å². The smallest absolute Gasteiger partial charge is 0.135 e. The molecule has 1 rings (SSSR count). The Morgan fingerprint density at radius 1 is 1.16 bits per heavy atom. The molecule has 3 N–H and O–H groups in total. The van der Waals surface area contributed by atoms with Gasteiger partial charge in [-0.1, -0.05) is 20.8 Å². The summed E-state index contributed by atoms with van der Waals surface area (Å²) in [5.41, 5.74) is 0.998. The lowest BCUT2D eigenvalue weighted by atomic mass is 10.1. The number of hydrogen-bond donors (Lipinski definition) is 3. The van der Waals surface area contributed by atoms with Gasteiger partial charge in [0.15, 0.2) is 0 Å². The molecular weight excluding hydrogens is 240 g/mol. The van der Waals surface area contributed by atoms with Crippen molar-refractivity contribution >= 4 is 11.6 Å². The van der Waals surface area contributed by atoms with Crippen LogP contribution in [0.2, 0.25) is 0 Å². The van der Waals surface area contributed by atoms with Crippen LogP contribution in [-0.4, -0.2) is 34.3 Å². The van der Waals surface area contributed by atoms with Crippen LogP contribution in [0.25, 0.3) is 0 Å². The minimum atomic E-state index is 0.00650. The Bertz CT molecular complexity index is 407. The molecule has 5 nitrogen and oxygen atoms in total. The van der Waals surface area contributed by atoms with Crippen molar-refractivity contribution in [1.29, 1.82) is 0 Å². The summed E-state index contributed by atoms with van der Waals surface area (Å²) in [6, 6.07) is 0.00650. The van der Waals surface area contributed by atoms with E-state index in [4.69, 9.17) is 0 Å². The number of hydrogen-bond acceptors (Lipinski definition) is 5. The van der Waals surface area contributed by atoms with E-state index in [1.165, 1.54) is 0 Å². The third-order valence-electron chi connectivity index (χ3n) is 3.12. The molecule has 0 bridgehead atoms. The quantitative estimate of drug-likeness (QED) is 0.706. The molecule has 1 unspecified atom stereocenters. The van der Waals surface area contributed by atoms with Crippen molar-refractivity contribution in [2.75, 3.05) is 23.8 Å². The van der Waals surface area contributed by atoms with E-state index < -0.39 is 0 Å². The highest BCUT2D eigenvalue weighted by Gasteiger charge is 2.16. The van der Waals surface area contributed by atoms with E-state index in [-0.39, 0.29) is 12.6 Å². The van der Waals surface area contributed by atoms with Gasteiger partial charge in [-0.2, -0.15) is 0 Å². The Morgan fingerprint density at radius 3 is 2.32 bits per heavy atom. The molecule has 0 aliphatic heterocycles. The summed E-state index contributed by atoms with van der Waals surface area (Å²) in [6.45, 7) is 11.1. The summed E-state index contributed by atoms with van der Waals surface area (Å²) < 4.78 is 0. The van der Waals surface area contributed by atoms with Crippen molar-refractivity contribution in [1.82, 2.24) is 9.97 Å². The Kier molecular flexibility index (Phi) is 6.02. The standard InChI is InChI=1S/C14H26N4O/c1-6-7-15-13-10(4)14(17-11(5)16-13)18-12(8-19)9(2)3/h9,12,19H,6-8H2,1-5H3,(H2,15,16,17,18). The molecule has 0 saturated heterocycles. The zero-order valence-corrected chi connectivity index (χ0v) is 12.6. The van der Waals surface area contributed by atoms with E-state index in [9.17, 15) is 5.11 Å². The molecule has 108 valence electrons. The van der Waals surface area contributed by atoms with Gasteiger partial charge in [0, 0.05) is 12.1 Å². The summed E-state index contributed by atoms with van der Waals surface area (Å²) in [4.78, 5) is 8.86. The summed E-state index contributed by atoms with van der Waals surface area (Å²) in [5, 5.41) is 16.0. The maximum atomic E-state index is 9.41. The Labute approximate surface area is 115 Å². The number of nitrogens with zero attached hydrogens (tertiary/aromatic N) is 2. The first-order valence-corrected chi connectivity index (χ1v) is 6.96. The predicted octanol–water partition coefficient (Wildman–Crippen LogP) is 2.34. The molecule has 1 aromatic heterocycles. The van der Waals surface area contributed by atoms with Gasteiger partial charge in [0.2, 0.25) is 0 Å². The molecule has 0 spiro atoms. The van der Waals surface area contributed by atoms with Crippen LogP contribution in [0, 0.1) is 19.8 Å². The maximum absolute atomic E-state index is 9.41. The van der Waals surface area contributed by atoms with Crippen LogP contribution in [0.4, 0.5) is 11.6 Å². The highest BCUT2D eigenvalue weighted by Crippen LogP contribution is 2.21. The average Bonchev–Trinajstić information content (AvgIpc) is 2.37. The third kappa shape index (κ3) is 4.35. The molecule has 5 heteroatoms. The van der Waals surface area contributed by atoms with E-state index in [0.717, 1.165) is 36.0 Å². The van der Waals surface area contributed by atoms with Crippen molar-refractivity contribution in [2.45, 2.75) is 47.1 Å². The third-order valence-corrected chi connectivity index (χ3v) is 3.12. The molecule has 19 heavy (non-hydrogen) atoms. The van der Waals surface area contributed by atoms with Gasteiger partial charge in [-0.15, -0.1) is 0 Å². The molecule has 1 heterocycles. The van der Waals surface area contributed by atoms with E-state index >= 15 is 0 Å². The van der Waals surface area contributed by atoms with Gasteiger partial charge < -0.3 is 15.7 Å². The van der Waals surface area contributed by atoms with Crippen molar-refractivity contribution in [2.24, 2.45) is 5.92 Å². The van der Waals surface area contributed by atoms with Gasteiger partial charge in [0.05, 0.1) is 12.6 Å². The first-order valence-electron chi connectivity index (χ1n) is 6.96. The van der Waals surface area contributed by atoms with Crippen LogP contribution in [0.3, 0.4) is 0 Å². The monoisotopic (exact) mass is 266 g/mol. The number of aliphatic hydroxyl groups excluding tert-OH is 1. The summed E-state index contributed by atoms with van der Waals surface area (Å²) in [6.07, 6.45) is 1.05. The SMILES string of the molecule is CCCNc1nc(C)nc(NC(CO)C(C)C)c1C. The number of aliphatic hydroxyl groups is 1. The fourth-order valence-electron chi connectivity index (χ4n) is 1.78. The second kappa shape index (κ2) is 7.28. The van der Waals surface area contributed by atoms with E-state index in [0.29, 0.717) is 5.92 Å². The zero-order chi connectivity index (χ0) is 14.4. The Hall–Kier alpha value is -1.36. The van der Waals surface area contributed by atoms with Crippen LogP contribution in [0.5, 0.6) is 0 Å². The summed E-state index contributed by atoms with van der Waals surface area (Å²) in [7, 11) is 0. The highest BCUT2D eigenvalue weighted by atomic mass is 16.3. The summed E-state index contributed by atoms with van der Waals surface area (Å²) >= 11 is 0. The number of nitrogens with one attached hydrogen (secondary N) is 2. The molecule has 0 radical (unpaired) electrons. The van der Waals surface area contributed by atoms with Crippen LogP contribution < -0.4 is 10.6 Å². The van der Waals surface area contributed by atoms with Gasteiger partial charge in [0.25, 0.3) is 0 Å². The largest absolute Gasteiger partial charge is 0.394 e. The fraction of sp³-hybridized carbons (Fsp3) is 0.714. The van der Waals surface area contributed by atoms with E-state index in [1.807, 2.05) is 13.8 Å². The molecule has 0 fully saturated rings. The second-order valence-corrected chi connectivity index (χ2v) is 5.20. The first-order chi connectivity index (χ1) is 8.99. The number of anilines is 2. The molecule has 0 amide bonds. The molecule has 1 atom stereocenters. The molecular formula is C14H26N4O. The van der Waals surface area contributed by atoms with Crippen molar-refractivity contribution < 1.29 is 5.11 Å². The lowest BCUT2D eigenvalue weighted by molar-refractivity contribution is 0.249. The van der Waals surface area contributed by atoms with Crippen molar-refractivity contribution in [3.63, 3.8) is 0 Å². The molecule has 0 aliphatic rings. The fourth-order valence-corrected chi connectivity index (χ4v) is 1.78. The van der Waals surface area contributed by atoms with E-state index in [2.05, 4.69) is 41.4 Å². The van der Waals surface area contributed by atoms with Crippen molar-refractivity contribution in [3.05, 3.63) is 11.4 Å². The first kappa shape index (κ1) is 15.7. The molecule has 0 saturated carbocycles. The van der Waals surface area contributed by atoms with Crippen LogP contribution in [-0.2, 0) is 0 Å². The van der Waals surface area contributed by atoms with Gasteiger partial charge in [-0.3, -0.25) is 0 Å². The van der Waals surface area contributed by atoms with Gasteiger partial charge in [-0.05, 0) is 26.2 Å². The summed E-state index contributed by atoms with van der Waals surface area (Å²) in [5.74, 6) is 2.75. The predicted molar refractivity (Wildman–Crippen MR) is 79.6 cm³/mol. The number of aryl methyl sites for hydroxylation is 1. The second-order valence-electron chi connectivity index (χ2n) is 5.20. The molecule has 0 aliphatic carbocycles. The Balaban J connectivity index is 2.96. The van der Waals surface area contributed by atoms with Crippen molar-refractivity contribution in [3.8, 4) is 0 Å². The van der Waals surface area contributed by atoms with Crippen LogP contribution in [0.1, 0.15) is 38.6 Å². The molecule has 0 aromatic carbocycles. The van der Waals surface area contributed by atoms with Crippen LogP contribution in [0.15, 0.2) is 0 Å². The van der Waals surface area contributed by atoms with Gasteiger partial charge in [-0.25, -0.2) is 9.97 Å². The highest BCUT2D eigenvalue weighted by molar-refractivity contribution is 5.57. The topological polar surface area (TPSA) is 70.1 Å². The van der Waals surface area contributed by atoms with E-state index in [1.54, 1.807) is 0 Å². The minimum Gasteiger partial charge on any atom is -0.394 e. The zero-order valence-electron chi connectivity index (χ0n) is 12.6. The maximum Gasteiger partial charge on any atom is 0.135 e. The number of aromatic nitrogens is 2. The Morgan fingerprint density at radius 2 is 1.79 bits per heavy atom. The molecule has 1 aromatic rings. The van der Waals surface area contributed by atoms with Crippen LogP contribution >= 0.6 is 0 Å².